The Morgan fingerprint density at radius 2 is 2.13 bits per heavy atom. The molecule has 0 aliphatic rings. The second-order valence-corrected chi connectivity index (χ2v) is 4.59. The van der Waals surface area contributed by atoms with Crippen molar-refractivity contribution in [2.24, 2.45) is 0 Å². The van der Waals surface area contributed by atoms with Gasteiger partial charge in [-0.3, -0.25) is 0 Å². The van der Waals surface area contributed by atoms with Crippen molar-refractivity contribution in [3.63, 3.8) is 0 Å². The number of benzene rings is 1. The van der Waals surface area contributed by atoms with Gasteiger partial charge in [0.2, 0.25) is 0 Å². The molecule has 15 heavy (non-hydrogen) atoms. The summed E-state index contributed by atoms with van der Waals surface area (Å²) in [6.07, 6.45) is 0. The van der Waals surface area contributed by atoms with Gasteiger partial charge in [0.15, 0.2) is 0 Å². The molecule has 0 fully saturated rings. The van der Waals surface area contributed by atoms with E-state index >= 15 is 0 Å². The van der Waals surface area contributed by atoms with Crippen molar-refractivity contribution < 1.29 is 4.74 Å². The molecule has 84 valence electrons. The van der Waals surface area contributed by atoms with Gasteiger partial charge >= 0.3 is 0 Å². The Bertz CT molecular complexity index is 312. The number of ether oxygens (including phenoxy) is 1. The van der Waals surface area contributed by atoms with Crippen molar-refractivity contribution >= 4 is 15.9 Å². The van der Waals surface area contributed by atoms with Crippen LogP contribution < -0.4 is 10.1 Å². The van der Waals surface area contributed by atoms with Crippen LogP contribution in [0.4, 0.5) is 0 Å². The minimum atomic E-state index is 0.510. The van der Waals surface area contributed by atoms with Crippen molar-refractivity contribution in [3.05, 3.63) is 28.2 Å². The lowest BCUT2D eigenvalue weighted by Gasteiger charge is -2.10. The van der Waals surface area contributed by atoms with Crippen LogP contribution in [-0.2, 0) is 6.54 Å². The molecular weight excluding hydrogens is 254 g/mol. The fraction of sp³-hybridized carbons (Fsp3) is 0.500. The normalized spacial score (nSPS) is 10.7. The predicted octanol–water partition coefficient (Wildman–Crippen LogP) is 3.35. The van der Waals surface area contributed by atoms with Gasteiger partial charge < -0.3 is 10.1 Å². The smallest absolute Gasteiger partial charge is 0.133 e. The van der Waals surface area contributed by atoms with Gasteiger partial charge in [-0.25, -0.2) is 0 Å². The highest BCUT2D eigenvalue weighted by Crippen LogP contribution is 2.25. The Morgan fingerprint density at radius 1 is 1.40 bits per heavy atom. The van der Waals surface area contributed by atoms with Gasteiger partial charge in [-0.1, -0.05) is 19.9 Å². The molecule has 0 radical (unpaired) electrons. The minimum absolute atomic E-state index is 0.510. The van der Waals surface area contributed by atoms with Gasteiger partial charge in [0, 0.05) is 12.6 Å². The van der Waals surface area contributed by atoms with E-state index in [1.165, 1.54) is 5.56 Å². The highest BCUT2D eigenvalue weighted by molar-refractivity contribution is 9.10. The first-order valence-electron chi connectivity index (χ1n) is 5.28. The third kappa shape index (κ3) is 4.22. The molecule has 0 unspecified atom stereocenters. The fourth-order valence-electron chi connectivity index (χ4n) is 1.25. The Labute approximate surface area is 100 Å². The first kappa shape index (κ1) is 12.5. The molecule has 0 saturated carbocycles. The van der Waals surface area contributed by atoms with Crippen LogP contribution in [-0.4, -0.2) is 12.6 Å². The van der Waals surface area contributed by atoms with E-state index in [-0.39, 0.29) is 0 Å². The van der Waals surface area contributed by atoms with E-state index in [1.54, 1.807) is 0 Å². The Kier molecular flexibility index (Phi) is 5.12. The molecule has 0 aliphatic carbocycles. The van der Waals surface area contributed by atoms with Crippen molar-refractivity contribution in [2.75, 3.05) is 6.61 Å². The maximum absolute atomic E-state index is 5.45. The largest absolute Gasteiger partial charge is 0.493 e. The standard InChI is InChI=1S/C12H18BrNO/c1-4-15-12-6-5-10(7-11(12)13)8-14-9(2)3/h5-7,9,14H,4,8H2,1-3H3. The molecule has 0 saturated heterocycles. The molecule has 0 atom stereocenters. The lowest BCUT2D eigenvalue weighted by Crippen LogP contribution is -2.21. The van der Waals surface area contributed by atoms with Gasteiger partial charge in [0.05, 0.1) is 11.1 Å². The maximum atomic E-state index is 5.45. The van der Waals surface area contributed by atoms with Gasteiger partial charge in [0.1, 0.15) is 5.75 Å². The summed E-state index contributed by atoms with van der Waals surface area (Å²) < 4.78 is 6.47. The highest BCUT2D eigenvalue weighted by Gasteiger charge is 2.02. The molecule has 1 aromatic rings. The lowest BCUT2D eigenvalue weighted by atomic mass is 10.2. The van der Waals surface area contributed by atoms with E-state index in [0.29, 0.717) is 12.6 Å². The summed E-state index contributed by atoms with van der Waals surface area (Å²) >= 11 is 3.50. The van der Waals surface area contributed by atoms with Crippen molar-refractivity contribution in [1.29, 1.82) is 0 Å². The molecule has 0 heterocycles. The maximum Gasteiger partial charge on any atom is 0.133 e. The van der Waals surface area contributed by atoms with Crippen LogP contribution in [0.2, 0.25) is 0 Å². The molecule has 1 aromatic carbocycles. The van der Waals surface area contributed by atoms with Gasteiger partial charge in [-0.05, 0) is 40.5 Å². The third-order valence-electron chi connectivity index (χ3n) is 2.01. The van der Waals surface area contributed by atoms with Crippen LogP contribution >= 0.6 is 15.9 Å². The van der Waals surface area contributed by atoms with E-state index in [9.17, 15) is 0 Å². The van der Waals surface area contributed by atoms with Gasteiger partial charge in [0.25, 0.3) is 0 Å². The summed E-state index contributed by atoms with van der Waals surface area (Å²) in [5, 5.41) is 3.38. The second kappa shape index (κ2) is 6.13. The summed E-state index contributed by atoms with van der Waals surface area (Å²) in [5.74, 6) is 0.908. The van der Waals surface area contributed by atoms with Crippen LogP contribution in [0, 0.1) is 0 Å². The summed E-state index contributed by atoms with van der Waals surface area (Å²) in [7, 11) is 0. The Hall–Kier alpha value is -0.540. The summed E-state index contributed by atoms with van der Waals surface area (Å²) in [6.45, 7) is 7.86. The number of hydrogen-bond acceptors (Lipinski definition) is 2. The van der Waals surface area contributed by atoms with Crippen molar-refractivity contribution in [3.8, 4) is 5.75 Å². The van der Waals surface area contributed by atoms with Crippen LogP contribution in [0.5, 0.6) is 5.75 Å². The Morgan fingerprint density at radius 3 is 2.67 bits per heavy atom. The van der Waals surface area contributed by atoms with E-state index in [0.717, 1.165) is 16.8 Å². The van der Waals surface area contributed by atoms with Crippen molar-refractivity contribution in [1.82, 2.24) is 5.32 Å². The first-order chi connectivity index (χ1) is 7.13. The molecule has 0 spiro atoms. The second-order valence-electron chi connectivity index (χ2n) is 3.73. The molecule has 2 nitrogen and oxygen atoms in total. The molecule has 0 amide bonds. The summed E-state index contributed by atoms with van der Waals surface area (Å²) in [6, 6.07) is 6.70. The van der Waals surface area contributed by atoms with Crippen molar-refractivity contribution in [2.45, 2.75) is 33.4 Å². The Balaban J connectivity index is 2.64. The lowest BCUT2D eigenvalue weighted by molar-refractivity contribution is 0.338. The van der Waals surface area contributed by atoms with Crippen LogP contribution in [0.15, 0.2) is 22.7 Å². The molecule has 1 rings (SSSR count). The number of halogens is 1. The molecular formula is C12H18BrNO. The zero-order valence-corrected chi connectivity index (χ0v) is 11.1. The molecule has 0 bridgehead atoms. The van der Waals surface area contributed by atoms with E-state index in [4.69, 9.17) is 4.74 Å². The van der Waals surface area contributed by atoms with E-state index in [1.807, 2.05) is 13.0 Å². The van der Waals surface area contributed by atoms with Gasteiger partial charge in [-0.2, -0.15) is 0 Å². The molecule has 1 N–H and O–H groups in total. The predicted molar refractivity (Wildman–Crippen MR) is 67.3 cm³/mol. The number of nitrogens with one attached hydrogen (secondary N) is 1. The van der Waals surface area contributed by atoms with E-state index < -0.39 is 0 Å². The van der Waals surface area contributed by atoms with Crippen LogP contribution in [0.25, 0.3) is 0 Å². The zero-order chi connectivity index (χ0) is 11.3. The van der Waals surface area contributed by atoms with Crippen LogP contribution in [0.3, 0.4) is 0 Å². The van der Waals surface area contributed by atoms with E-state index in [2.05, 4.69) is 47.2 Å². The molecule has 0 aliphatic heterocycles. The zero-order valence-electron chi connectivity index (χ0n) is 9.51. The third-order valence-corrected chi connectivity index (χ3v) is 2.63. The average molecular weight is 272 g/mol. The number of rotatable bonds is 5. The SMILES string of the molecule is CCOc1ccc(CNC(C)C)cc1Br. The average Bonchev–Trinajstić information content (AvgIpc) is 2.19. The number of hydrogen-bond donors (Lipinski definition) is 1. The summed E-state index contributed by atoms with van der Waals surface area (Å²) in [5.41, 5.74) is 1.26. The van der Waals surface area contributed by atoms with Crippen LogP contribution in [0.1, 0.15) is 26.3 Å². The fourth-order valence-corrected chi connectivity index (χ4v) is 1.79. The highest BCUT2D eigenvalue weighted by atomic mass is 79.9. The summed E-state index contributed by atoms with van der Waals surface area (Å²) in [4.78, 5) is 0. The monoisotopic (exact) mass is 271 g/mol. The van der Waals surface area contributed by atoms with Gasteiger partial charge in [-0.15, -0.1) is 0 Å². The topological polar surface area (TPSA) is 21.3 Å². The quantitative estimate of drug-likeness (QED) is 0.887. The molecule has 0 aromatic heterocycles. The minimum Gasteiger partial charge on any atom is -0.493 e. The first-order valence-corrected chi connectivity index (χ1v) is 6.07. The molecule has 3 heteroatoms.